The summed E-state index contributed by atoms with van der Waals surface area (Å²) < 4.78 is 127. The summed E-state index contributed by atoms with van der Waals surface area (Å²) in [6.45, 7) is 3.28. The lowest BCUT2D eigenvalue weighted by atomic mass is 10.2. The van der Waals surface area contributed by atoms with Crippen molar-refractivity contribution in [2.24, 2.45) is 5.73 Å². The Morgan fingerprint density at radius 3 is 0.868 bits per heavy atom. The van der Waals surface area contributed by atoms with Gasteiger partial charge in [0.2, 0.25) is 5.91 Å². The number of alkyl carbamates (subject to hydrolysis) is 1. The van der Waals surface area contributed by atoms with Crippen LogP contribution in [0.4, 0.5) is 4.79 Å². The van der Waals surface area contributed by atoms with Gasteiger partial charge in [0.15, 0.2) is 143 Å². The van der Waals surface area contributed by atoms with Crippen LogP contribution >= 0.6 is 0 Å². The maximum atomic E-state index is 12.0. The Morgan fingerprint density at radius 2 is 0.632 bits per heavy atom. The van der Waals surface area contributed by atoms with Crippen LogP contribution in [0, 0.1) is 0 Å². The second-order valence-corrected chi connectivity index (χ2v) is 12.9. The van der Waals surface area contributed by atoms with E-state index in [1.54, 1.807) is 20.8 Å². The van der Waals surface area contributed by atoms with Crippen molar-refractivity contribution < 1.29 is 138 Å². The van der Waals surface area contributed by atoms with E-state index in [-0.39, 0.29) is 189 Å². The lowest BCUT2D eigenvalue weighted by Crippen LogP contribution is -2.49. The zero-order valence-electron chi connectivity index (χ0n) is 38.8. The van der Waals surface area contributed by atoms with Crippen molar-refractivity contribution in [1.29, 1.82) is 0 Å². The number of hydrogen-bond acceptors (Lipinski definition) is 29. The molecule has 0 aliphatic carbocycles. The number of hydrogen-bond donors (Lipinski definition) is 4. The molecule has 0 saturated heterocycles. The summed E-state index contributed by atoms with van der Waals surface area (Å²) in [5, 5.41) is 13.5. The molecule has 0 aliphatic rings. The Kier molecular flexibility index (Phi) is 49.9. The molecule has 0 fully saturated rings. The molecule has 32 nitrogen and oxygen atoms in total. The third-order valence-corrected chi connectivity index (χ3v) is 6.04. The van der Waals surface area contributed by atoms with Crippen LogP contribution in [0.5, 0.6) is 0 Å². The van der Waals surface area contributed by atoms with Crippen molar-refractivity contribution in [3.63, 3.8) is 0 Å². The number of carbonyl (C=O) groups is 3. The van der Waals surface area contributed by atoms with Crippen LogP contribution in [-0.2, 0) is 128 Å². The van der Waals surface area contributed by atoms with Crippen LogP contribution < -0.4 is 16.4 Å². The third-order valence-electron chi connectivity index (χ3n) is 6.04. The van der Waals surface area contributed by atoms with Gasteiger partial charge in [0.05, 0.1) is 19.6 Å². The van der Waals surface area contributed by atoms with Gasteiger partial charge in [-0.15, -0.1) is 0 Å². The first-order valence-electron chi connectivity index (χ1n) is 20.2. The van der Waals surface area contributed by atoms with E-state index < -0.39 is 29.6 Å². The fraction of sp³-hybridized carbons (Fsp3) is 0.917. The second-order valence-electron chi connectivity index (χ2n) is 12.9. The highest BCUT2D eigenvalue weighted by Crippen LogP contribution is 2.06. The first kappa shape index (κ1) is 65.2. The zero-order chi connectivity index (χ0) is 49.7. The van der Waals surface area contributed by atoms with Gasteiger partial charge in [-0.2, -0.15) is 0 Å². The average Bonchev–Trinajstić information content (AvgIpc) is 3.30. The highest BCUT2D eigenvalue weighted by molar-refractivity contribution is 5.82. The summed E-state index contributed by atoms with van der Waals surface area (Å²) in [4.78, 5) is 33.9. The molecule has 68 heavy (non-hydrogen) atoms. The number of aliphatic carboxylic acids is 1. The van der Waals surface area contributed by atoms with Crippen molar-refractivity contribution in [3.8, 4) is 0 Å². The quantitative estimate of drug-likeness (QED) is 0.0413. The average molecular weight is 1010 g/mol. The van der Waals surface area contributed by atoms with Gasteiger partial charge in [-0.1, -0.05) is 0 Å². The minimum Gasteiger partial charge on any atom is -0.481 e. The van der Waals surface area contributed by atoms with Gasteiger partial charge in [0, 0.05) is 13.1 Å². The molecule has 0 saturated carbocycles. The molecule has 1 atom stereocenters. The molecule has 0 rings (SSSR count). The third kappa shape index (κ3) is 55.8. The molecular formula is C36H71N3O29. The van der Waals surface area contributed by atoms with E-state index in [0.717, 1.165) is 0 Å². The van der Waals surface area contributed by atoms with Crippen molar-refractivity contribution in [2.45, 2.75) is 38.8 Å². The molecule has 0 spiro atoms. The molecule has 0 aromatic rings. The summed E-state index contributed by atoms with van der Waals surface area (Å²) in [7, 11) is 0. The van der Waals surface area contributed by atoms with Gasteiger partial charge >= 0.3 is 12.1 Å². The smallest absolute Gasteiger partial charge is 0.407 e. The lowest BCUT2D eigenvalue weighted by molar-refractivity contribution is -0.242. The molecule has 0 heterocycles. The van der Waals surface area contributed by atoms with Gasteiger partial charge < -0.3 is 140 Å². The van der Waals surface area contributed by atoms with Crippen LogP contribution in [0.2, 0.25) is 0 Å². The molecule has 0 aromatic carbocycles. The first-order valence-corrected chi connectivity index (χ1v) is 20.2. The molecule has 5 N–H and O–H groups in total. The van der Waals surface area contributed by atoms with Crippen LogP contribution in [0.3, 0.4) is 0 Å². The fourth-order valence-electron chi connectivity index (χ4n) is 3.36. The maximum absolute atomic E-state index is 12.0. The monoisotopic (exact) mass is 1010 g/mol. The summed E-state index contributed by atoms with van der Waals surface area (Å²) in [6, 6.07) is -0.946. The molecular weight excluding hydrogens is 938 g/mol. The molecule has 1 unspecified atom stereocenters. The predicted molar refractivity (Wildman–Crippen MR) is 215 cm³/mol. The summed E-state index contributed by atoms with van der Waals surface area (Å²) in [5.41, 5.74) is 5.08. The second kappa shape index (κ2) is 52.0. The molecule has 32 heteroatoms. The van der Waals surface area contributed by atoms with Crippen molar-refractivity contribution in [1.82, 2.24) is 10.6 Å². The number of nitrogens with two attached hydrogens (primary N) is 1. The standard InChI is InChI=1S/C36H71N3O29/c1-36(2,3)68-35(43)39-8-32(37)34(42)38-5-7-45-10-47-12-49-14-51-16-53-18-55-20-57-22-59-24-61-26-63-28-65-30-67-31-66-29-64-27-62-25-60-23-58-21-56-19-54-17-52-15-50-13-48-11-46-9-44-6-4-33(40)41/h32H,4-31,37H2,1-3H3,(H,38,42)(H,39,43)(H,40,41). The van der Waals surface area contributed by atoms with Crippen molar-refractivity contribution in [3.05, 3.63) is 0 Å². The van der Waals surface area contributed by atoms with Crippen molar-refractivity contribution in [2.75, 3.05) is 183 Å². The van der Waals surface area contributed by atoms with Crippen LogP contribution in [0.25, 0.3) is 0 Å². The minimum absolute atomic E-state index is 0.0482. The maximum Gasteiger partial charge on any atom is 0.407 e. The Balaban J connectivity index is 3.16. The van der Waals surface area contributed by atoms with Gasteiger partial charge in [-0.05, 0) is 20.8 Å². The minimum atomic E-state index is -0.954. The number of nitrogens with one attached hydrogen (secondary N) is 2. The largest absolute Gasteiger partial charge is 0.481 e. The Labute approximate surface area is 393 Å². The number of carboxylic acids is 1. The van der Waals surface area contributed by atoms with Gasteiger partial charge in [0.1, 0.15) is 25.2 Å². The fourth-order valence-corrected chi connectivity index (χ4v) is 3.36. The molecule has 0 bridgehead atoms. The molecule has 404 valence electrons. The number of amides is 2. The van der Waals surface area contributed by atoms with Crippen LogP contribution in [-0.4, -0.2) is 217 Å². The van der Waals surface area contributed by atoms with Crippen LogP contribution in [0.1, 0.15) is 27.2 Å². The number of ether oxygens (including phenoxy) is 25. The predicted octanol–water partition coefficient (Wildman–Crippen LogP) is -1.15. The Bertz CT molecular complexity index is 1100. The molecule has 2 amide bonds. The van der Waals surface area contributed by atoms with E-state index in [0.29, 0.717) is 0 Å². The van der Waals surface area contributed by atoms with Gasteiger partial charge in [-0.25, -0.2) is 4.79 Å². The lowest BCUT2D eigenvalue weighted by Gasteiger charge is -2.20. The van der Waals surface area contributed by atoms with E-state index in [2.05, 4.69) is 10.6 Å². The summed E-state index contributed by atoms with van der Waals surface area (Å²) >= 11 is 0. The van der Waals surface area contributed by atoms with E-state index in [4.69, 9.17) is 129 Å². The zero-order valence-corrected chi connectivity index (χ0v) is 38.8. The molecule has 0 radical (unpaired) electrons. The summed E-state index contributed by atoms with van der Waals surface area (Å²) in [5.74, 6) is -1.41. The Hall–Kier alpha value is -2.79. The molecule has 0 aliphatic heterocycles. The topological polar surface area (TPSA) is 352 Å². The highest BCUT2D eigenvalue weighted by Gasteiger charge is 2.19. The van der Waals surface area contributed by atoms with E-state index >= 15 is 0 Å². The molecule has 0 aromatic heterocycles. The van der Waals surface area contributed by atoms with Gasteiger partial charge in [0.25, 0.3) is 0 Å². The van der Waals surface area contributed by atoms with E-state index in [1.807, 2.05) is 0 Å². The first-order chi connectivity index (χ1) is 33.1. The normalized spacial score (nSPS) is 12.1. The number of carbonyl (C=O) groups excluding carboxylic acids is 2. The number of rotatable bonds is 55. The van der Waals surface area contributed by atoms with Crippen molar-refractivity contribution >= 4 is 18.0 Å². The van der Waals surface area contributed by atoms with E-state index in [9.17, 15) is 14.4 Å². The SMILES string of the molecule is CC(C)(C)OC(=O)NCC(N)C(=O)NCCOCOCOCOCOCOCOCOCOCOCOCOCOCOCOCOCOCOCOCOCOCOCOCOCCC(=O)O. The van der Waals surface area contributed by atoms with E-state index in [1.165, 1.54) is 0 Å². The van der Waals surface area contributed by atoms with Crippen LogP contribution in [0.15, 0.2) is 0 Å². The number of carboxylic acid groups (broad SMARTS) is 1. The summed E-state index contributed by atoms with van der Waals surface area (Å²) in [6.07, 6.45) is -0.768. The Morgan fingerprint density at radius 1 is 0.397 bits per heavy atom. The highest BCUT2D eigenvalue weighted by atomic mass is 16.9. The van der Waals surface area contributed by atoms with Gasteiger partial charge in [-0.3, -0.25) is 9.59 Å².